The number of furan rings is 1. The zero-order valence-electron chi connectivity index (χ0n) is 8.33. The monoisotopic (exact) mass is 290 g/mol. The van der Waals surface area contributed by atoms with Gasteiger partial charge < -0.3 is 15.5 Å². The first-order valence-electron chi connectivity index (χ1n) is 4.20. The van der Waals surface area contributed by atoms with Crippen molar-refractivity contribution in [2.75, 3.05) is 0 Å². The van der Waals surface area contributed by atoms with Crippen molar-refractivity contribution in [3.63, 3.8) is 0 Å². The van der Waals surface area contributed by atoms with E-state index in [4.69, 9.17) is 22.4 Å². The Morgan fingerprint density at radius 2 is 2.20 bits per heavy atom. The lowest BCUT2D eigenvalue weighted by atomic mass is 10.1. The number of carbonyl (C=O) groups is 1. The minimum Gasteiger partial charge on any atom is -0.444 e. The molecule has 1 aromatic rings. The van der Waals surface area contributed by atoms with Gasteiger partial charge in [0.15, 0.2) is 10.4 Å². The fourth-order valence-corrected chi connectivity index (χ4v) is 1.20. The highest BCUT2D eigenvalue weighted by Gasteiger charge is 2.25. The van der Waals surface area contributed by atoms with E-state index in [-0.39, 0.29) is 16.7 Å². The van der Waals surface area contributed by atoms with Crippen molar-refractivity contribution in [1.82, 2.24) is 5.32 Å². The molecule has 0 aliphatic carbocycles. The van der Waals surface area contributed by atoms with Gasteiger partial charge in [0, 0.05) is 0 Å². The minimum absolute atomic E-state index is 0.214. The zero-order chi connectivity index (χ0) is 11.6. The van der Waals surface area contributed by atoms with E-state index in [0.717, 1.165) is 0 Å². The molecular formula is C9H11BrN2O2S. The fourth-order valence-electron chi connectivity index (χ4n) is 0.843. The third-order valence-electron chi connectivity index (χ3n) is 1.84. The van der Waals surface area contributed by atoms with E-state index in [1.165, 1.54) is 0 Å². The van der Waals surface area contributed by atoms with Crippen molar-refractivity contribution in [2.45, 2.75) is 19.4 Å². The van der Waals surface area contributed by atoms with Gasteiger partial charge in [-0.3, -0.25) is 4.79 Å². The van der Waals surface area contributed by atoms with Gasteiger partial charge in [-0.1, -0.05) is 12.2 Å². The zero-order valence-corrected chi connectivity index (χ0v) is 10.7. The van der Waals surface area contributed by atoms with E-state index in [9.17, 15) is 4.79 Å². The summed E-state index contributed by atoms with van der Waals surface area (Å²) >= 11 is 7.94. The molecule has 0 aromatic carbocycles. The Bertz CT molecular complexity index is 401. The Hall–Kier alpha value is -0.880. The average Bonchev–Trinajstić information content (AvgIpc) is 2.50. The molecule has 0 bridgehead atoms. The summed E-state index contributed by atoms with van der Waals surface area (Å²) in [5, 5.41) is 2.67. The summed E-state index contributed by atoms with van der Waals surface area (Å²) in [5.74, 6) is -0.135. The highest BCUT2D eigenvalue weighted by molar-refractivity contribution is 9.10. The molecule has 15 heavy (non-hydrogen) atoms. The van der Waals surface area contributed by atoms with Crippen LogP contribution in [-0.4, -0.2) is 16.4 Å². The predicted octanol–water partition coefficient (Wildman–Crippen LogP) is 1.84. The summed E-state index contributed by atoms with van der Waals surface area (Å²) in [6, 6.07) is 3.21. The van der Waals surface area contributed by atoms with E-state index in [1.54, 1.807) is 26.0 Å². The quantitative estimate of drug-likeness (QED) is 0.834. The van der Waals surface area contributed by atoms with Crippen LogP contribution in [-0.2, 0) is 0 Å². The number of nitrogens with two attached hydrogens (primary N) is 1. The Labute approximate surface area is 101 Å². The van der Waals surface area contributed by atoms with Crippen LogP contribution in [0.3, 0.4) is 0 Å². The van der Waals surface area contributed by atoms with Crippen molar-refractivity contribution in [3.8, 4) is 0 Å². The molecule has 0 atom stereocenters. The number of nitrogens with one attached hydrogen (secondary N) is 1. The van der Waals surface area contributed by atoms with Crippen molar-refractivity contribution < 1.29 is 9.21 Å². The van der Waals surface area contributed by atoms with Crippen LogP contribution in [0.2, 0.25) is 0 Å². The summed E-state index contributed by atoms with van der Waals surface area (Å²) in [4.78, 5) is 11.9. The van der Waals surface area contributed by atoms with Gasteiger partial charge in [-0.15, -0.1) is 0 Å². The highest BCUT2D eigenvalue weighted by atomic mass is 79.9. The van der Waals surface area contributed by atoms with Gasteiger partial charge in [0.1, 0.15) is 0 Å². The van der Waals surface area contributed by atoms with E-state index in [0.29, 0.717) is 4.67 Å². The van der Waals surface area contributed by atoms with Crippen molar-refractivity contribution in [1.29, 1.82) is 0 Å². The van der Waals surface area contributed by atoms with Gasteiger partial charge in [-0.2, -0.15) is 0 Å². The van der Waals surface area contributed by atoms with Crippen LogP contribution >= 0.6 is 28.1 Å². The topological polar surface area (TPSA) is 68.3 Å². The summed E-state index contributed by atoms with van der Waals surface area (Å²) in [5.41, 5.74) is 4.75. The molecule has 82 valence electrons. The summed E-state index contributed by atoms with van der Waals surface area (Å²) < 4.78 is 5.59. The van der Waals surface area contributed by atoms with Gasteiger partial charge in [-0.05, 0) is 41.9 Å². The van der Waals surface area contributed by atoms with E-state index < -0.39 is 5.54 Å². The predicted molar refractivity (Wildman–Crippen MR) is 64.7 cm³/mol. The molecule has 0 radical (unpaired) electrons. The number of hydrogen-bond acceptors (Lipinski definition) is 3. The molecule has 0 saturated carbocycles. The van der Waals surface area contributed by atoms with Crippen LogP contribution in [0.25, 0.3) is 0 Å². The van der Waals surface area contributed by atoms with Gasteiger partial charge in [0.25, 0.3) is 5.91 Å². The second kappa shape index (κ2) is 4.32. The molecule has 0 unspecified atom stereocenters. The Morgan fingerprint density at radius 3 is 2.60 bits per heavy atom. The third-order valence-corrected chi connectivity index (χ3v) is 2.78. The molecule has 4 nitrogen and oxygen atoms in total. The number of amides is 1. The van der Waals surface area contributed by atoms with E-state index in [1.807, 2.05) is 0 Å². The summed E-state index contributed by atoms with van der Waals surface area (Å²) in [7, 11) is 0. The third kappa shape index (κ3) is 3.04. The second-order valence-electron chi connectivity index (χ2n) is 3.55. The SMILES string of the molecule is CC(C)(NC(=O)c1ccc(Br)o1)C(N)=S. The summed E-state index contributed by atoms with van der Waals surface area (Å²) in [6.07, 6.45) is 0. The van der Waals surface area contributed by atoms with E-state index in [2.05, 4.69) is 21.2 Å². The van der Waals surface area contributed by atoms with Crippen LogP contribution in [0, 0.1) is 0 Å². The standard InChI is InChI=1S/C9H11BrN2O2S/c1-9(2,8(11)15)12-7(13)5-3-4-6(10)14-5/h3-4H,1-2H3,(H2,11,15)(H,12,13). The Kier molecular flexibility index (Phi) is 3.51. The second-order valence-corrected chi connectivity index (χ2v) is 4.77. The number of hydrogen-bond donors (Lipinski definition) is 2. The lowest BCUT2D eigenvalue weighted by Gasteiger charge is -2.23. The highest BCUT2D eigenvalue weighted by Crippen LogP contribution is 2.14. The molecule has 1 heterocycles. The van der Waals surface area contributed by atoms with Crippen LogP contribution in [0.5, 0.6) is 0 Å². The normalized spacial score (nSPS) is 11.1. The molecule has 1 amide bonds. The van der Waals surface area contributed by atoms with Gasteiger partial charge >= 0.3 is 0 Å². The largest absolute Gasteiger partial charge is 0.444 e. The molecule has 0 spiro atoms. The maximum Gasteiger partial charge on any atom is 0.287 e. The summed E-state index contributed by atoms with van der Waals surface area (Å²) in [6.45, 7) is 3.45. The first-order chi connectivity index (χ1) is 6.83. The van der Waals surface area contributed by atoms with Gasteiger partial charge in [0.2, 0.25) is 0 Å². The number of rotatable bonds is 3. The molecule has 0 fully saturated rings. The average molecular weight is 291 g/mol. The molecule has 6 heteroatoms. The Morgan fingerprint density at radius 1 is 1.60 bits per heavy atom. The van der Waals surface area contributed by atoms with Crippen LogP contribution < -0.4 is 11.1 Å². The van der Waals surface area contributed by atoms with Gasteiger partial charge in [-0.25, -0.2) is 0 Å². The van der Waals surface area contributed by atoms with Crippen molar-refractivity contribution in [3.05, 3.63) is 22.6 Å². The Balaban J connectivity index is 2.76. The molecule has 3 N–H and O–H groups in total. The molecule has 0 aliphatic rings. The van der Waals surface area contributed by atoms with Crippen LogP contribution in [0.1, 0.15) is 24.4 Å². The number of carbonyl (C=O) groups excluding carboxylic acids is 1. The van der Waals surface area contributed by atoms with Gasteiger partial charge in [0.05, 0.1) is 10.5 Å². The smallest absolute Gasteiger partial charge is 0.287 e. The van der Waals surface area contributed by atoms with Crippen LogP contribution in [0.4, 0.5) is 0 Å². The maximum atomic E-state index is 11.6. The molecule has 1 aromatic heterocycles. The fraction of sp³-hybridized carbons (Fsp3) is 0.333. The van der Waals surface area contributed by atoms with Crippen LogP contribution in [0.15, 0.2) is 21.2 Å². The van der Waals surface area contributed by atoms with Crippen molar-refractivity contribution >= 4 is 39.0 Å². The lowest BCUT2D eigenvalue weighted by Crippen LogP contribution is -2.52. The number of halogens is 1. The first-order valence-corrected chi connectivity index (χ1v) is 5.41. The minimum atomic E-state index is -0.730. The molecule has 0 saturated heterocycles. The molecule has 0 aliphatic heterocycles. The lowest BCUT2D eigenvalue weighted by molar-refractivity contribution is 0.0902. The number of thiocarbonyl (C=S) groups is 1. The van der Waals surface area contributed by atoms with E-state index >= 15 is 0 Å². The molecule has 1 rings (SSSR count). The maximum absolute atomic E-state index is 11.6. The van der Waals surface area contributed by atoms with Crippen molar-refractivity contribution in [2.24, 2.45) is 5.73 Å². The molecular weight excluding hydrogens is 280 g/mol. The first kappa shape index (κ1) is 12.2.